The number of primary amides is 1. The first-order valence-corrected chi connectivity index (χ1v) is 8.27. The van der Waals surface area contributed by atoms with E-state index in [1.54, 1.807) is 0 Å². The zero-order valence-electron chi connectivity index (χ0n) is 11.4. The topological polar surface area (TPSA) is 156 Å². The molecule has 1 unspecified atom stereocenters. The van der Waals surface area contributed by atoms with E-state index in [1.165, 1.54) is 0 Å². The highest BCUT2D eigenvalue weighted by Gasteiger charge is 2.28. The molecule has 0 saturated carbocycles. The van der Waals surface area contributed by atoms with Crippen LogP contribution in [0.15, 0.2) is 0 Å². The highest BCUT2D eigenvalue weighted by molar-refractivity contribution is 7.91. The number of sulfone groups is 1. The Morgan fingerprint density at radius 1 is 1.33 bits per heavy atom. The number of nitrogens with two attached hydrogens (primary N) is 1. The first kappa shape index (κ1) is 17.2. The van der Waals surface area contributed by atoms with Crippen LogP contribution in [0.25, 0.3) is 0 Å². The Labute approximate surface area is 122 Å². The molecule has 0 aromatic rings. The van der Waals surface area contributed by atoms with Gasteiger partial charge in [-0.15, -0.1) is 0 Å². The fourth-order valence-electron chi connectivity index (χ4n) is 2.02. The van der Waals surface area contributed by atoms with Gasteiger partial charge in [-0.25, -0.2) is 18.0 Å². The van der Waals surface area contributed by atoms with Gasteiger partial charge in [0.2, 0.25) is 5.91 Å². The minimum Gasteiger partial charge on any atom is -0.480 e. The maximum Gasteiger partial charge on any atom is 0.326 e. The predicted octanol–water partition coefficient (Wildman–Crippen LogP) is -1.56. The largest absolute Gasteiger partial charge is 0.480 e. The third kappa shape index (κ3) is 6.43. The smallest absolute Gasteiger partial charge is 0.326 e. The number of hydrogen-bond donors (Lipinski definition) is 4. The van der Waals surface area contributed by atoms with Gasteiger partial charge < -0.3 is 21.5 Å². The SMILES string of the molecule is NC(=O)CC[C@@H](NC(=O)NCC1CCS(=O)(=O)C1)C(=O)O. The molecule has 0 bridgehead atoms. The zero-order chi connectivity index (χ0) is 16.0. The van der Waals surface area contributed by atoms with Crippen molar-refractivity contribution in [3.63, 3.8) is 0 Å². The number of carboxylic acid groups (broad SMARTS) is 1. The summed E-state index contributed by atoms with van der Waals surface area (Å²) in [6.45, 7) is 0.160. The summed E-state index contributed by atoms with van der Waals surface area (Å²) >= 11 is 0. The average Bonchev–Trinajstić information content (AvgIpc) is 2.71. The van der Waals surface area contributed by atoms with Gasteiger partial charge in [-0.05, 0) is 18.8 Å². The van der Waals surface area contributed by atoms with Crippen molar-refractivity contribution in [3.8, 4) is 0 Å². The van der Waals surface area contributed by atoms with Crippen molar-refractivity contribution in [1.82, 2.24) is 10.6 Å². The van der Waals surface area contributed by atoms with Gasteiger partial charge in [0.15, 0.2) is 9.84 Å². The van der Waals surface area contributed by atoms with Crippen LogP contribution in [-0.2, 0) is 19.4 Å². The number of amides is 3. The Morgan fingerprint density at radius 3 is 2.48 bits per heavy atom. The lowest BCUT2D eigenvalue weighted by Crippen LogP contribution is -2.47. The normalized spacial score (nSPS) is 21.4. The molecule has 10 heteroatoms. The van der Waals surface area contributed by atoms with Gasteiger partial charge in [-0.3, -0.25) is 4.79 Å². The van der Waals surface area contributed by atoms with Crippen LogP contribution in [0, 0.1) is 5.92 Å². The van der Waals surface area contributed by atoms with Crippen LogP contribution in [0.3, 0.4) is 0 Å². The predicted molar refractivity (Wildman–Crippen MR) is 73.1 cm³/mol. The van der Waals surface area contributed by atoms with Gasteiger partial charge >= 0.3 is 12.0 Å². The molecule has 1 aliphatic rings. The molecule has 1 fully saturated rings. The molecule has 120 valence electrons. The Balaban J connectivity index is 2.37. The highest BCUT2D eigenvalue weighted by atomic mass is 32.2. The molecule has 0 aromatic heterocycles. The molecule has 5 N–H and O–H groups in total. The molecule has 1 saturated heterocycles. The fourth-order valence-corrected chi connectivity index (χ4v) is 3.89. The number of urea groups is 1. The fraction of sp³-hybridized carbons (Fsp3) is 0.727. The van der Waals surface area contributed by atoms with Crippen molar-refractivity contribution in [1.29, 1.82) is 0 Å². The zero-order valence-corrected chi connectivity index (χ0v) is 12.2. The molecule has 0 aromatic carbocycles. The standard InChI is InChI=1S/C11H19N3O6S/c12-9(15)2-1-8(10(16)17)14-11(18)13-5-7-3-4-21(19,20)6-7/h7-8H,1-6H2,(H2,12,15)(H,16,17)(H2,13,14,18)/t7?,8-/m1/s1. The van der Waals surface area contributed by atoms with Crippen molar-refractivity contribution in [2.45, 2.75) is 25.3 Å². The van der Waals surface area contributed by atoms with Gasteiger partial charge in [0.05, 0.1) is 11.5 Å². The van der Waals surface area contributed by atoms with Gasteiger partial charge in [-0.2, -0.15) is 0 Å². The van der Waals surface area contributed by atoms with Crippen LogP contribution in [0.2, 0.25) is 0 Å². The van der Waals surface area contributed by atoms with Gasteiger partial charge in [0.1, 0.15) is 6.04 Å². The molecule has 21 heavy (non-hydrogen) atoms. The number of hydrogen-bond acceptors (Lipinski definition) is 5. The molecule has 9 nitrogen and oxygen atoms in total. The van der Waals surface area contributed by atoms with Gasteiger partial charge in [0.25, 0.3) is 0 Å². The summed E-state index contributed by atoms with van der Waals surface area (Å²) in [5.74, 6) is -1.95. The van der Waals surface area contributed by atoms with E-state index in [2.05, 4.69) is 10.6 Å². The highest BCUT2D eigenvalue weighted by Crippen LogP contribution is 2.17. The maximum atomic E-state index is 11.6. The molecule has 3 amide bonds. The van der Waals surface area contributed by atoms with Crippen molar-refractivity contribution < 1.29 is 27.9 Å². The summed E-state index contributed by atoms with van der Waals surface area (Å²) in [5, 5.41) is 13.6. The molecular weight excluding hydrogens is 302 g/mol. The first-order chi connectivity index (χ1) is 9.69. The van der Waals surface area contributed by atoms with Crippen LogP contribution in [-0.4, -0.2) is 55.5 Å². The monoisotopic (exact) mass is 321 g/mol. The number of carbonyl (C=O) groups excluding carboxylic acids is 2. The van der Waals surface area contributed by atoms with E-state index in [9.17, 15) is 22.8 Å². The number of nitrogens with one attached hydrogen (secondary N) is 2. The molecule has 0 radical (unpaired) electrons. The Hall–Kier alpha value is -1.84. The second kappa shape index (κ2) is 7.25. The van der Waals surface area contributed by atoms with E-state index < -0.39 is 33.8 Å². The van der Waals surface area contributed by atoms with Crippen LogP contribution in [0.5, 0.6) is 0 Å². The van der Waals surface area contributed by atoms with E-state index in [-0.39, 0.29) is 36.8 Å². The molecular formula is C11H19N3O6S. The second-order valence-corrected chi connectivity index (χ2v) is 7.25. The summed E-state index contributed by atoms with van der Waals surface area (Å²) < 4.78 is 22.5. The van der Waals surface area contributed by atoms with E-state index >= 15 is 0 Å². The quantitative estimate of drug-likeness (QED) is 0.444. The van der Waals surface area contributed by atoms with Crippen molar-refractivity contribution in [2.75, 3.05) is 18.1 Å². The number of carboxylic acids is 1. The Bertz CT molecular complexity index is 518. The molecule has 0 spiro atoms. The van der Waals surface area contributed by atoms with Crippen molar-refractivity contribution >= 4 is 27.7 Å². The lowest BCUT2D eigenvalue weighted by atomic mass is 10.1. The summed E-state index contributed by atoms with van der Waals surface area (Å²) in [6, 6.07) is -1.93. The summed E-state index contributed by atoms with van der Waals surface area (Å²) in [4.78, 5) is 33.1. The third-order valence-corrected chi connectivity index (χ3v) is 5.00. The van der Waals surface area contributed by atoms with E-state index in [4.69, 9.17) is 10.8 Å². The van der Waals surface area contributed by atoms with E-state index in [1.807, 2.05) is 0 Å². The van der Waals surface area contributed by atoms with Crippen LogP contribution in [0.4, 0.5) is 4.79 Å². The third-order valence-electron chi connectivity index (χ3n) is 3.16. The number of rotatable bonds is 7. The van der Waals surface area contributed by atoms with E-state index in [0.29, 0.717) is 6.42 Å². The Morgan fingerprint density at radius 2 is 2.00 bits per heavy atom. The summed E-state index contributed by atoms with van der Waals surface area (Å²) in [5.41, 5.74) is 4.92. The van der Waals surface area contributed by atoms with Gasteiger partial charge in [0, 0.05) is 13.0 Å². The number of aliphatic carboxylic acids is 1. The summed E-state index contributed by atoms with van der Waals surface area (Å²) in [6.07, 6.45) is 0.223. The minimum atomic E-state index is -3.02. The molecule has 1 rings (SSSR count). The van der Waals surface area contributed by atoms with E-state index in [0.717, 1.165) is 0 Å². The molecule has 1 heterocycles. The van der Waals surface area contributed by atoms with Crippen LogP contribution < -0.4 is 16.4 Å². The van der Waals surface area contributed by atoms with Crippen molar-refractivity contribution in [3.05, 3.63) is 0 Å². The summed E-state index contributed by atoms with van der Waals surface area (Å²) in [7, 11) is -3.02. The second-order valence-electron chi connectivity index (χ2n) is 5.02. The number of carbonyl (C=O) groups is 3. The van der Waals surface area contributed by atoms with Crippen molar-refractivity contribution in [2.24, 2.45) is 11.7 Å². The van der Waals surface area contributed by atoms with Crippen LogP contribution in [0.1, 0.15) is 19.3 Å². The molecule has 2 atom stereocenters. The lowest BCUT2D eigenvalue weighted by Gasteiger charge is -2.15. The Kier molecular flexibility index (Phi) is 5.94. The van der Waals surface area contributed by atoms with Gasteiger partial charge in [-0.1, -0.05) is 0 Å². The van der Waals surface area contributed by atoms with Crippen LogP contribution >= 0.6 is 0 Å². The lowest BCUT2D eigenvalue weighted by molar-refractivity contribution is -0.139. The molecule has 0 aliphatic carbocycles. The maximum absolute atomic E-state index is 11.6. The first-order valence-electron chi connectivity index (χ1n) is 6.45. The average molecular weight is 321 g/mol. The molecule has 1 aliphatic heterocycles. The minimum absolute atomic E-state index is 0.0251.